The fourth-order valence-corrected chi connectivity index (χ4v) is 4.07. The topological polar surface area (TPSA) is 84.0 Å². The van der Waals surface area contributed by atoms with Crippen molar-refractivity contribution in [3.05, 3.63) is 23.3 Å². The molecule has 1 aliphatic carbocycles. The van der Waals surface area contributed by atoms with Gasteiger partial charge in [-0.3, -0.25) is 4.79 Å². The molecule has 1 saturated carbocycles. The molecule has 7 nitrogen and oxygen atoms in total. The normalized spacial score (nSPS) is 18.0. The summed E-state index contributed by atoms with van der Waals surface area (Å²) in [6.07, 6.45) is 6.20. The first-order valence-corrected chi connectivity index (χ1v) is 11.4. The first-order chi connectivity index (χ1) is 14.6. The van der Waals surface area contributed by atoms with Crippen LogP contribution in [0.3, 0.4) is 0 Å². The Bertz CT molecular complexity index is 751. The van der Waals surface area contributed by atoms with E-state index in [9.17, 15) is 4.79 Å². The zero-order valence-electron chi connectivity index (χ0n) is 19.0. The summed E-state index contributed by atoms with van der Waals surface area (Å²) in [6, 6.07) is 4.49. The monoisotopic (exact) mass is 544 g/mol. The van der Waals surface area contributed by atoms with Gasteiger partial charge in [-0.1, -0.05) is 12.8 Å². The van der Waals surface area contributed by atoms with Crippen molar-refractivity contribution in [1.29, 1.82) is 0 Å². The van der Waals surface area contributed by atoms with Gasteiger partial charge >= 0.3 is 0 Å². The second-order valence-electron chi connectivity index (χ2n) is 8.05. The van der Waals surface area contributed by atoms with Crippen LogP contribution < -0.4 is 25.4 Å². The van der Waals surface area contributed by atoms with E-state index in [2.05, 4.69) is 28.9 Å². The maximum Gasteiger partial charge on any atom is 0.221 e. The van der Waals surface area contributed by atoms with Gasteiger partial charge in [0.05, 0.1) is 13.2 Å². The highest BCUT2D eigenvalue weighted by Crippen LogP contribution is 2.35. The van der Waals surface area contributed by atoms with Gasteiger partial charge in [-0.2, -0.15) is 0 Å². The average molecular weight is 544 g/mol. The van der Waals surface area contributed by atoms with Crippen LogP contribution in [-0.4, -0.2) is 43.7 Å². The van der Waals surface area contributed by atoms with E-state index in [4.69, 9.17) is 14.5 Å². The number of ether oxygens (including phenoxy) is 2. The van der Waals surface area contributed by atoms with E-state index in [-0.39, 0.29) is 36.0 Å². The van der Waals surface area contributed by atoms with Crippen LogP contribution in [0.5, 0.6) is 11.5 Å². The van der Waals surface area contributed by atoms with Crippen LogP contribution in [0, 0.1) is 0 Å². The zero-order valence-corrected chi connectivity index (χ0v) is 21.3. The third kappa shape index (κ3) is 7.73. The van der Waals surface area contributed by atoms with E-state index >= 15 is 0 Å². The largest absolute Gasteiger partial charge is 0.494 e. The minimum Gasteiger partial charge on any atom is -0.494 e. The summed E-state index contributed by atoms with van der Waals surface area (Å²) < 4.78 is 11.7. The standard InChI is InChI=1S/C23H36N4O3.HI/c1-4-24-23(25-11-10-22(28)27-19-8-6-7-9-19)26-15-18-14-21-17(12-16(3)30-21)13-20(18)29-5-2;/h13-14,16,19H,4-12,15H2,1-3H3,(H,27,28)(H2,24,25,26);1H. The molecule has 0 aromatic heterocycles. The van der Waals surface area contributed by atoms with Crippen LogP contribution in [0.25, 0.3) is 0 Å². The van der Waals surface area contributed by atoms with Crippen molar-refractivity contribution in [2.45, 2.75) is 78.0 Å². The summed E-state index contributed by atoms with van der Waals surface area (Å²) in [7, 11) is 0. The Morgan fingerprint density at radius 1 is 1.23 bits per heavy atom. The molecule has 0 radical (unpaired) electrons. The zero-order chi connectivity index (χ0) is 21.3. The molecule has 3 rings (SSSR count). The van der Waals surface area contributed by atoms with Crippen molar-refractivity contribution >= 4 is 35.8 Å². The van der Waals surface area contributed by atoms with Crippen LogP contribution in [0.15, 0.2) is 17.1 Å². The first-order valence-electron chi connectivity index (χ1n) is 11.4. The van der Waals surface area contributed by atoms with Gasteiger partial charge in [-0.15, -0.1) is 24.0 Å². The summed E-state index contributed by atoms with van der Waals surface area (Å²) in [6.45, 7) is 8.48. The highest BCUT2D eigenvalue weighted by molar-refractivity contribution is 14.0. The van der Waals surface area contributed by atoms with Gasteiger partial charge < -0.3 is 25.4 Å². The van der Waals surface area contributed by atoms with Crippen molar-refractivity contribution in [3.8, 4) is 11.5 Å². The van der Waals surface area contributed by atoms with Crippen LogP contribution in [0.4, 0.5) is 0 Å². The van der Waals surface area contributed by atoms with Gasteiger partial charge in [-0.05, 0) is 45.7 Å². The van der Waals surface area contributed by atoms with Crippen molar-refractivity contribution in [2.24, 2.45) is 4.99 Å². The maximum absolute atomic E-state index is 12.1. The SMILES string of the molecule is CCNC(=NCc1cc2c(cc1OCC)CC(C)O2)NCCC(=O)NC1CCCC1.I. The van der Waals surface area contributed by atoms with Crippen LogP contribution >= 0.6 is 24.0 Å². The van der Waals surface area contributed by atoms with Gasteiger partial charge in [0.25, 0.3) is 0 Å². The van der Waals surface area contributed by atoms with Crippen LogP contribution in [-0.2, 0) is 17.8 Å². The Kier molecular flexibility index (Phi) is 10.7. The second kappa shape index (κ2) is 13.0. The first kappa shape index (κ1) is 25.5. The lowest BCUT2D eigenvalue weighted by Crippen LogP contribution is -2.40. The summed E-state index contributed by atoms with van der Waals surface area (Å²) in [5.41, 5.74) is 2.19. The Hall–Kier alpha value is -1.71. The molecule has 1 amide bonds. The third-order valence-electron chi connectivity index (χ3n) is 5.50. The summed E-state index contributed by atoms with van der Waals surface area (Å²) in [5, 5.41) is 9.63. The molecule has 1 aromatic rings. The predicted molar refractivity (Wildman–Crippen MR) is 135 cm³/mol. The number of nitrogens with one attached hydrogen (secondary N) is 3. The highest BCUT2D eigenvalue weighted by atomic mass is 127. The van der Waals surface area contributed by atoms with Crippen LogP contribution in [0.2, 0.25) is 0 Å². The number of halogens is 1. The van der Waals surface area contributed by atoms with Crippen molar-refractivity contribution in [1.82, 2.24) is 16.0 Å². The number of carbonyl (C=O) groups is 1. The van der Waals surface area contributed by atoms with Gasteiger partial charge in [0.15, 0.2) is 5.96 Å². The molecule has 1 heterocycles. The number of benzene rings is 1. The minimum atomic E-state index is 0. The number of rotatable bonds is 9. The lowest BCUT2D eigenvalue weighted by Gasteiger charge is -2.15. The number of guanidine groups is 1. The molecule has 1 unspecified atom stereocenters. The number of hydrogen-bond donors (Lipinski definition) is 3. The van der Waals surface area contributed by atoms with E-state index in [1.54, 1.807) is 0 Å². The van der Waals surface area contributed by atoms with Gasteiger partial charge in [0, 0.05) is 43.1 Å². The molecule has 2 aliphatic rings. The molecule has 0 bridgehead atoms. The number of carbonyl (C=O) groups excluding carboxylic acids is 1. The van der Waals surface area contributed by atoms with Crippen LogP contribution in [0.1, 0.15) is 64.0 Å². The van der Waals surface area contributed by atoms with Crippen molar-refractivity contribution in [3.63, 3.8) is 0 Å². The summed E-state index contributed by atoms with van der Waals surface area (Å²) in [4.78, 5) is 16.8. The van der Waals surface area contributed by atoms with Crippen molar-refractivity contribution in [2.75, 3.05) is 19.7 Å². The molecule has 1 fully saturated rings. The van der Waals surface area contributed by atoms with Gasteiger partial charge in [-0.25, -0.2) is 4.99 Å². The molecule has 31 heavy (non-hydrogen) atoms. The molecular weight excluding hydrogens is 507 g/mol. The Balaban J connectivity index is 0.00000341. The van der Waals surface area contributed by atoms with Gasteiger partial charge in [0.2, 0.25) is 5.91 Å². The average Bonchev–Trinajstić information content (AvgIpc) is 3.34. The smallest absolute Gasteiger partial charge is 0.221 e. The second-order valence-corrected chi connectivity index (χ2v) is 8.05. The fraction of sp³-hybridized carbons (Fsp3) is 0.652. The molecule has 0 saturated heterocycles. The quantitative estimate of drug-likeness (QED) is 0.252. The fourth-order valence-electron chi connectivity index (χ4n) is 4.07. The molecule has 174 valence electrons. The van der Waals surface area contributed by atoms with Gasteiger partial charge in [0.1, 0.15) is 17.6 Å². The molecule has 8 heteroatoms. The van der Waals surface area contributed by atoms with E-state index in [1.165, 1.54) is 18.4 Å². The highest BCUT2D eigenvalue weighted by Gasteiger charge is 2.22. The molecule has 1 aliphatic heterocycles. The number of hydrogen-bond acceptors (Lipinski definition) is 4. The summed E-state index contributed by atoms with van der Waals surface area (Å²) >= 11 is 0. The third-order valence-corrected chi connectivity index (χ3v) is 5.50. The number of fused-ring (bicyclic) bond motifs is 1. The van der Waals surface area contributed by atoms with Crippen molar-refractivity contribution < 1.29 is 14.3 Å². The van der Waals surface area contributed by atoms with E-state index in [0.717, 1.165) is 42.9 Å². The Labute approximate surface area is 203 Å². The van der Waals surface area contributed by atoms with E-state index in [1.807, 2.05) is 19.9 Å². The Morgan fingerprint density at radius 2 is 2.00 bits per heavy atom. The lowest BCUT2D eigenvalue weighted by atomic mass is 10.1. The predicted octanol–water partition coefficient (Wildman–Crippen LogP) is 3.53. The molecule has 1 atom stereocenters. The minimum absolute atomic E-state index is 0. The Morgan fingerprint density at radius 3 is 2.71 bits per heavy atom. The number of aliphatic imine (C=N–C) groups is 1. The van der Waals surface area contributed by atoms with E-state index < -0.39 is 0 Å². The number of amides is 1. The van der Waals surface area contributed by atoms with E-state index in [0.29, 0.717) is 38.1 Å². The molecular formula is C23H37IN4O3. The summed E-state index contributed by atoms with van der Waals surface area (Å²) in [5.74, 6) is 2.60. The molecule has 0 spiro atoms. The molecule has 3 N–H and O–H groups in total. The maximum atomic E-state index is 12.1. The molecule has 1 aromatic carbocycles. The number of nitrogens with zero attached hydrogens (tertiary/aromatic N) is 1. The lowest BCUT2D eigenvalue weighted by molar-refractivity contribution is -0.121.